The molecule has 0 aromatic rings. The fourth-order valence-corrected chi connectivity index (χ4v) is 1.37. The van der Waals surface area contributed by atoms with Crippen LogP contribution in [0.1, 0.15) is 27.2 Å². The molecule has 5 nitrogen and oxygen atoms in total. The molecule has 100 valence electrons. The van der Waals surface area contributed by atoms with Crippen LogP contribution in [-0.4, -0.2) is 30.4 Å². The van der Waals surface area contributed by atoms with Gasteiger partial charge in [0.1, 0.15) is 0 Å². The van der Waals surface area contributed by atoms with Gasteiger partial charge in [0.15, 0.2) is 0 Å². The summed E-state index contributed by atoms with van der Waals surface area (Å²) in [6.07, 6.45) is 1.03. The van der Waals surface area contributed by atoms with E-state index in [9.17, 15) is 9.59 Å². The van der Waals surface area contributed by atoms with E-state index in [-0.39, 0.29) is 36.7 Å². The number of hydrogen-bond acceptors (Lipinski definition) is 3. The normalized spacial score (nSPS) is 23.6. The average molecular weight is 264 g/mol. The molecular weight excluding hydrogens is 242 g/mol. The SMILES string of the molecule is CC1CC1NC(=O)CNC(=O)[C@@H](N)C(C)C.Cl. The summed E-state index contributed by atoms with van der Waals surface area (Å²) in [6.45, 7) is 5.84. The van der Waals surface area contributed by atoms with Gasteiger partial charge in [-0.1, -0.05) is 20.8 Å². The van der Waals surface area contributed by atoms with Crippen LogP contribution in [0, 0.1) is 11.8 Å². The molecular formula is C11H22ClN3O2. The maximum Gasteiger partial charge on any atom is 0.239 e. The van der Waals surface area contributed by atoms with Crippen LogP contribution in [0.25, 0.3) is 0 Å². The molecule has 1 aliphatic rings. The first kappa shape index (κ1) is 16.2. The molecule has 0 radical (unpaired) electrons. The lowest BCUT2D eigenvalue weighted by Crippen LogP contribution is -2.47. The van der Waals surface area contributed by atoms with Crippen LogP contribution in [0.3, 0.4) is 0 Å². The number of amides is 2. The van der Waals surface area contributed by atoms with Crippen molar-refractivity contribution in [1.29, 1.82) is 0 Å². The Labute approximate surface area is 108 Å². The van der Waals surface area contributed by atoms with E-state index in [4.69, 9.17) is 5.73 Å². The van der Waals surface area contributed by atoms with Gasteiger partial charge in [0.05, 0.1) is 12.6 Å². The van der Waals surface area contributed by atoms with Crippen molar-refractivity contribution >= 4 is 24.2 Å². The van der Waals surface area contributed by atoms with Crippen molar-refractivity contribution in [3.05, 3.63) is 0 Å². The summed E-state index contributed by atoms with van der Waals surface area (Å²) < 4.78 is 0. The molecule has 0 aromatic heterocycles. The topological polar surface area (TPSA) is 84.2 Å². The molecule has 1 saturated carbocycles. The van der Waals surface area contributed by atoms with Crippen LogP contribution in [0.15, 0.2) is 0 Å². The molecule has 4 N–H and O–H groups in total. The predicted molar refractivity (Wildman–Crippen MR) is 68.8 cm³/mol. The van der Waals surface area contributed by atoms with Crippen LogP contribution in [-0.2, 0) is 9.59 Å². The molecule has 1 aliphatic carbocycles. The van der Waals surface area contributed by atoms with E-state index in [1.165, 1.54) is 0 Å². The van der Waals surface area contributed by atoms with Crippen molar-refractivity contribution in [3.8, 4) is 0 Å². The third-order valence-electron chi connectivity index (χ3n) is 2.90. The number of hydrogen-bond donors (Lipinski definition) is 3. The van der Waals surface area contributed by atoms with Gasteiger partial charge in [-0.05, 0) is 18.3 Å². The smallest absolute Gasteiger partial charge is 0.239 e. The first-order valence-electron chi connectivity index (χ1n) is 5.74. The summed E-state index contributed by atoms with van der Waals surface area (Å²) in [4.78, 5) is 22.8. The van der Waals surface area contributed by atoms with Crippen molar-refractivity contribution < 1.29 is 9.59 Å². The van der Waals surface area contributed by atoms with Gasteiger partial charge in [-0.3, -0.25) is 9.59 Å². The van der Waals surface area contributed by atoms with Crippen molar-refractivity contribution in [2.45, 2.75) is 39.3 Å². The van der Waals surface area contributed by atoms with E-state index < -0.39 is 6.04 Å². The van der Waals surface area contributed by atoms with Crippen molar-refractivity contribution in [1.82, 2.24) is 10.6 Å². The van der Waals surface area contributed by atoms with Gasteiger partial charge in [0.25, 0.3) is 0 Å². The van der Waals surface area contributed by atoms with E-state index >= 15 is 0 Å². The first-order chi connectivity index (χ1) is 7.41. The van der Waals surface area contributed by atoms with Gasteiger partial charge in [0, 0.05) is 6.04 Å². The highest BCUT2D eigenvalue weighted by atomic mass is 35.5. The molecule has 0 bridgehead atoms. The van der Waals surface area contributed by atoms with Crippen LogP contribution in [0.2, 0.25) is 0 Å². The Morgan fingerprint density at radius 2 is 1.94 bits per heavy atom. The highest BCUT2D eigenvalue weighted by molar-refractivity contribution is 5.87. The summed E-state index contributed by atoms with van der Waals surface area (Å²) >= 11 is 0. The molecule has 0 spiro atoms. The Hall–Kier alpha value is -0.810. The van der Waals surface area contributed by atoms with E-state index in [1.54, 1.807) is 0 Å². The molecule has 3 atom stereocenters. The lowest BCUT2D eigenvalue weighted by Gasteiger charge is -2.15. The molecule has 0 heterocycles. The lowest BCUT2D eigenvalue weighted by atomic mass is 10.1. The van der Waals surface area contributed by atoms with Gasteiger partial charge in [0.2, 0.25) is 11.8 Å². The van der Waals surface area contributed by atoms with E-state index in [1.807, 2.05) is 13.8 Å². The summed E-state index contributed by atoms with van der Waals surface area (Å²) in [7, 11) is 0. The molecule has 17 heavy (non-hydrogen) atoms. The van der Waals surface area contributed by atoms with Gasteiger partial charge >= 0.3 is 0 Å². The molecule has 0 aliphatic heterocycles. The largest absolute Gasteiger partial charge is 0.352 e. The highest BCUT2D eigenvalue weighted by Crippen LogP contribution is 2.28. The zero-order valence-corrected chi connectivity index (χ0v) is 11.3. The van der Waals surface area contributed by atoms with Crippen molar-refractivity contribution in [2.24, 2.45) is 17.6 Å². The average Bonchev–Trinajstić information content (AvgIpc) is 2.89. The lowest BCUT2D eigenvalue weighted by molar-refractivity contribution is -0.127. The Morgan fingerprint density at radius 1 is 1.41 bits per heavy atom. The summed E-state index contributed by atoms with van der Waals surface area (Å²) in [5, 5.41) is 5.37. The minimum atomic E-state index is -0.548. The summed E-state index contributed by atoms with van der Waals surface area (Å²) in [5.74, 6) is 0.233. The zero-order chi connectivity index (χ0) is 12.3. The number of nitrogens with one attached hydrogen (secondary N) is 2. The molecule has 2 amide bonds. The van der Waals surface area contributed by atoms with E-state index in [0.29, 0.717) is 12.0 Å². The summed E-state index contributed by atoms with van der Waals surface area (Å²) in [5.41, 5.74) is 5.64. The first-order valence-corrected chi connectivity index (χ1v) is 5.74. The van der Waals surface area contributed by atoms with Gasteiger partial charge in [-0.2, -0.15) is 0 Å². The van der Waals surface area contributed by atoms with Gasteiger partial charge in [-0.15, -0.1) is 12.4 Å². The number of carbonyl (C=O) groups excluding carboxylic acids is 2. The van der Waals surface area contributed by atoms with E-state index in [2.05, 4.69) is 17.6 Å². The molecule has 0 saturated heterocycles. The highest BCUT2D eigenvalue weighted by Gasteiger charge is 2.33. The second-order valence-corrected chi connectivity index (χ2v) is 4.87. The fraction of sp³-hybridized carbons (Fsp3) is 0.818. The van der Waals surface area contributed by atoms with Crippen molar-refractivity contribution in [2.75, 3.05) is 6.54 Å². The zero-order valence-electron chi connectivity index (χ0n) is 10.5. The number of halogens is 1. The van der Waals surface area contributed by atoms with Gasteiger partial charge < -0.3 is 16.4 Å². The molecule has 6 heteroatoms. The maximum absolute atomic E-state index is 11.4. The Kier molecular flexibility index (Phi) is 6.49. The minimum absolute atomic E-state index is 0. The van der Waals surface area contributed by atoms with Crippen molar-refractivity contribution in [3.63, 3.8) is 0 Å². The van der Waals surface area contributed by atoms with E-state index in [0.717, 1.165) is 6.42 Å². The van der Waals surface area contributed by atoms with Crippen LogP contribution >= 0.6 is 12.4 Å². The monoisotopic (exact) mass is 263 g/mol. The Morgan fingerprint density at radius 3 is 2.35 bits per heavy atom. The third kappa shape index (κ3) is 5.37. The second-order valence-electron chi connectivity index (χ2n) is 4.87. The Balaban J connectivity index is 0.00000256. The maximum atomic E-state index is 11.4. The number of nitrogens with two attached hydrogens (primary N) is 1. The second kappa shape index (κ2) is 6.81. The predicted octanol–water partition coefficient (Wildman–Crippen LogP) is 0.0323. The molecule has 0 aromatic carbocycles. The molecule has 1 fully saturated rings. The standard InChI is InChI=1S/C11H21N3O2.ClH/c1-6(2)10(12)11(16)13-5-9(15)14-8-4-7(8)3;/h6-8,10H,4-5,12H2,1-3H3,(H,13,16)(H,14,15);1H/t7?,8?,10-;/m0./s1. The van der Waals surface area contributed by atoms with Crippen LogP contribution < -0.4 is 16.4 Å². The number of carbonyl (C=O) groups is 2. The molecule has 1 rings (SSSR count). The van der Waals surface area contributed by atoms with Gasteiger partial charge in [-0.25, -0.2) is 0 Å². The van der Waals surface area contributed by atoms with Crippen LogP contribution in [0.5, 0.6) is 0 Å². The Bertz CT molecular complexity index is 284. The summed E-state index contributed by atoms with van der Waals surface area (Å²) in [6, 6.07) is -0.254. The number of rotatable bonds is 5. The third-order valence-corrected chi connectivity index (χ3v) is 2.90. The quantitative estimate of drug-likeness (QED) is 0.654. The fourth-order valence-electron chi connectivity index (χ4n) is 1.37. The van der Waals surface area contributed by atoms with Crippen LogP contribution in [0.4, 0.5) is 0 Å². The minimum Gasteiger partial charge on any atom is -0.352 e. The molecule has 2 unspecified atom stereocenters.